The largest absolute Gasteiger partial charge is 0.471 e. The van der Waals surface area contributed by atoms with Crippen LogP contribution in [0.1, 0.15) is 12.0 Å². The molecule has 23 heavy (non-hydrogen) atoms. The molecule has 1 N–H and O–H groups in total. The number of likely N-dealkylation sites (tertiary alicyclic amines) is 1. The van der Waals surface area contributed by atoms with Crippen LogP contribution < -0.4 is 0 Å². The van der Waals surface area contributed by atoms with Crippen LogP contribution in [0.3, 0.4) is 0 Å². The van der Waals surface area contributed by atoms with Crippen LogP contribution in [0.4, 0.5) is 17.6 Å². The summed E-state index contributed by atoms with van der Waals surface area (Å²) >= 11 is -2.31. The molecule has 1 amide bonds. The Morgan fingerprint density at radius 2 is 2.04 bits per heavy atom. The van der Waals surface area contributed by atoms with E-state index < -0.39 is 29.0 Å². The Morgan fingerprint density at radius 1 is 1.39 bits per heavy atom. The van der Waals surface area contributed by atoms with Gasteiger partial charge in [-0.1, -0.05) is 0 Å². The van der Waals surface area contributed by atoms with E-state index >= 15 is 0 Å². The van der Waals surface area contributed by atoms with Gasteiger partial charge >= 0.3 is 12.1 Å². The number of amides is 1. The van der Waals surface area contributed by atoms with Crippen molar-refractivity contribution in [3.05, 3.63) is 29.6 Å². The molecular formula is C13H14ClF4NO3S. The maximum atomic E-state index is 13.3. The van der Waals surface area contributed by atoms with Crippen LogP contribution in [-0.4, -0.2) is 38.8 Å². The second-order valence-electron chi connectivity index (χ2n) is 5.11. The molecule has 2 atom stereocenters. The van der Waals surface area contributed by atoms with Gasteiger partial charge in [-0.3, -0.25) is 4.79 Å². The number of nitrogens with zero attached hydrogens (tertiary/aromatic N) is 1. The van der Waals surface area contributed by atoms with Gasteiger partial charge in [0, 0.05) is 13.1 Å². The second-order valence-corrected chi connectivity index (χ2v) is 6.05. The molecule has 2 rings (SSSR count). The van der Waals surface area contributed by atoms with Crippen molar-refractivity contribution in [2.45, 2.75) is 23.9 Å². The zero-order valence-electron chi connectivity index (χ0n) is 11.7. The molecular weight excluding hydrogens is 362 g/mol. The number of carbonyl (C=O) groups excluding carboxylic acids is 1. The van der Waals surface area contributed by atoms with Crippen molar-refractivity contribution >= 4 is 29.4 Å². The third-order valence-electron chi connectivity index (χ3n) is 3.53. The fourth-order valence-electron chi connectivity index (χ4n) is 2.55. The fraction of sp³-hybridized carbons (Fsp3) is 0.462. The van der Waals surface area contributed by atoms with E-state index in [-0.39, 0.29) is 48.3 Å². The molecule has 1 saturated heterocycles. The number of alkyl halides is 3. The van der Waals surface area contributed by atoms with Gasteiger partial charge in [-0.05, 0) is 42.5 Å². The normalized spacial score (nSPS) is 19.3. The molecule has 1 aliphatic heterocycles. The molecule has 0 aliphatic carbocycles. The lowest BCUT2D eigenvalue weighted by molar-refractivity contribution is -0.184. The van der Waals surface area contributed by atoms with E-state index in [0.29, 0.717) is 11.3 Å². The number of rotatable bonds is 3. The molecule has 1 fully saturated rings. The number of carbonyl (C=O) groups is 1. The molecule has 0 radical (unpaired) electrons. The van der Waals surface area contributed by atoms with E-state index in [1.807, 2.05) is 0 Å². The van der Waals surface area contributed by atoms with Crippen LogP contribution in [0.15, 0.2) is 23.1 Å². The van der Waals surface area contributed by atoms with Gasteiger partial charge in [0.2, 0.25) is 0 Å². The second kappa shape index (κ2) is 7.59. The number of halogens is 5. The summed E-state index contributed by atoms with van der Waals surface area (Å²) in [6, 6.07) is 3.31. The van der Waals surface area contributed by atoms with Crippen molar-refractivity contribution in [2.24, 2.45) is 5.92 Å². The highest BCUT2D eigenvalue weighted by atomic mass is 35.5. The van der Waals surface area contributed by atoms with Gasteiger partial charge in [0.1, 0.15) is 5.82 Å². The first-order valence-electron chi connectivity index (χ1n) is 6.44. The summed E-state index contributed by atoms with van der Waals surface area (Å²) in [5.74, 6) is -2.79. The minimum absolute atomic E-state index is 0. The van der Waals surface area contributed by atoms with Crippen LogP contribution >= 0.6 is 12.4 Å². The highest BCUT2D eigenvalue weighted by Gasteiger charge is 2.44. The highest BCUT2D eigenvalue weighted by molar-refractivity contribution is 7.79. The van der Waals surface area contributed by atoms with Crippen LogP contribution in [0.5, 0.6) is 0 Å². The van der Waals surface area contributed by atoms with Crippen LogP contribution in [0, 0.1) is 11.7 Å². The van der Waals surface area contributed by atoms with Gasteiger partial charge in [0.05, 0.1) is 4.90 Å². The Morgan fingerprint density at radius 3 is 2.61 bits per heavy atom. The lowest BCUT2D eigenvalue weighted by atomic mass is 9.98. The maximum absolute atomic E-state index is 13.3. The summed E-state index contributed by atoms with van der Waals surface area (Å²) < 4.78 is 70.7. The van der Waals surface area contributed by atoms with Gasteiger partial charge in [-0.15, -0.1) is 12.4 Å². The smallest absolute Gasteiger partial charge is 0.335 e. The summed E-state index contributed by atoms with van der Waals surface area (Å²) in [7, 11) is 0. The van der Waals surface area contributed by atoms with Crippen molar-refractivity contribution in [2.75, 3.05) is 13.1 Å². The predicted molar refractivity (Wildman–Crippen MR) is 77.1 cm³/mol. The standard InChI is InChI=1S/C13H13F4NO3S.ClH/c14-10-1-2-11(22(20)21)9(6-10)5-8-3-4-18(7-8)12(19)13(15,16)17;/h1-2,6,8H,3-5,7H2,(H,20,21);1H/t8-;/m0./s1. The molecule has 0 bridgehead atoms. The lowest BCUT2D eigenvalue weighted by Gasteiger charge is -2.18. The minimum Gasteiger partial charge on any atom is -0.335 e. The molecule has 1 aromatic rings. The molecule has 1 unspecified atom stereocenters. The predicted octanol–water partition coefficient (Wildman–Crippen LogP) is 2.78. The first kappa shape index (κ1) is 19.9. The SMILES string of the molecule is Cl.O=C(N1CC[C@@H](Cc2cc(F)ccc2S(=O)O)C1)C(F)(F)F. The Bertz CT molecular complexity index is 611. The molecule has 130 valence electrons. The first-order valence-corrected chi connectivity index (χ1v) is 7.54. The Kier molecular flexibility index (Phi) is 6.55. The number of hydrogen-bond acceptors (Lipinski definition) is 2. The van der Waals surface area contributed by atoms with Crippen LogP contribution in [-0.2, 0) is 22.3 Å². The van der Waals surface area contributed by atoms with Gasteiger partial charge in [-0.2, -0.15) is 13.2 Å². The van der Waals surface area contributed by atoms with E-state index in [4.69, 9.17) is 4.55 Å². The van der Waals surface area contributed by atoms with E-state index in [1.165, 1.54) is 6.07 Å². The van der Waals surface area contributed by atoms with E-state index in [9.17, 15) is 26.6 Å². The zero-order valence-corrected chi connectivity index (χ0v) is 13.3. The summed E-state index contributed by atoms with van der Waals surface area (Å²) in [5, 5.41) is 0. The maximum Gasteiger partial charge on any atom is 0.471 e. The Balaban J connectivity index is 0.00000264. The molecule has 1 aromatic carbocycles. The summed E-state index contributed by atoms with van der Waals surface area (Å²) in [4.78, 5) is 11.9. The minimum atomic E-state index is -4.91. The third kappa shape index (κ3) is 4.89. The average molecular weight is 376 g/mol. The Hall–Kier alpha value is -1.19. The summed E-state index contributed by atoms with van der Waals surface area (Å²) in [6.07, 6.45) is -4.44. The number of hydrogen-bond donors (Lipinski definition) is 1. The molecule has 4 nitrogen and oxygen atoms in total. The topological polar surface area (TPSA) is 57.6 Å². The molecule has 0 aromatic heterocycles. The highest BCUT2D eigenvalue weighted by Crippen LogP contribution is 2.28. The number of benzene rings is 1. The molecule has 10 heteroatoms. The molecule has 0 saturated carbocycles. The first-order chi connectivity index (χ1) is 10.2. The van der Waals surface area contributed by atoms with Gasteiger partial charge in [0.15, 0.2) is 11.1 Å². The van der Waals surface area contributed by atoms with Gasteiger partial charge in [-0.25, -0.2) is 8.60 Å². The van der Waals surface area contributed by atoms with Gasteiger partial charge < -0.3 is 9.45 Å². The molecule has 1 aliphatic rings. The summed E-state index contributed by atoms with van der Waals surface area (Å²) in [6.45, 7) is -0.137. The fourth-order valence-corrected chi connectivity index (χ4v) is 3.10. The lowest BCUT2D eigenvalue weighted by Crippen LogP contribution is -2.39. The van der Waals surface area contributed by atoms with Crippen molar-refractivity contribution in [1.82, 2.24) is 4.90 Å². The molecule has 1 heterocycles. The van der Waals surface area contributed by atoms with Gasteiger partial charge in [0.25, 0.3) is 0 Å². The van der Waals surface area contributed by atoms with E-state index in [0.717, 1.165) is 12.1 Å². The average Bonchev–Trinajstić information content (AvgIpc) is 2.84. The van der Waals surface area contributed by atoms with Crippen molar-refractivity contribution < 1.29 is 31.1 Å². The van der Waals surface area contributed by atoms with E-state index in [1.54, 1.807) is 0 Å². The van der Waals surface area contributed by atoms with Crippen molar-refractivity contribution in [3.63, 3.8) is 0 Å². The van der Waals surface area contributed by atoms with Crippen molar-refractivity contribution in [1.29, 1.82) is 0 Å². The third-order valence-corrected chi connectivity index (χ3v) is 4.31. The van der Waals surface area contributed by atoms with Crippen molar-refractivity contribution in [3.8, 4) is 0 Å². The quantitative estimate of drug-likeness (QED) is 0.653. The monoisotopic (exact) mass is 375 g/mol. The summed E-state index contributed by atoms with van der Waals surface area (Å²) in [5.41, 5.74) is 0.271. The zero-order chi connectivity index (χ0) is 16.5. The molecule has 0 spiro atoms. The van der Waals surface area contributed by atoms with Crippen LogP contribution in [0.2, 0.25) is 0 Å². The van der Waals surface area contributed by atoms with E-state index in [2.05, 4.69) is 0 Å². The Labute approximate surface area is 138 Å². The van der Waals surface area contributed by atoms with Crippen LogP contribution in [0.25, 0.3) is 0 Å².